The number of amides is 1. The number of benzene rings is 2. The van der Waals surface area contributed by atoms with Crippen LogP contribution in [0.4, 0.5) is 5.69 Å². The number of rotatable bonds is 8. The van der Waals surface area contributed by atoms with Gasteiger partial charge in [-0.1, -0.05) is 39.8 Å². The standard InChI is InChI=1S/C21H28N2O4S/c1-6-23(7-2)28(25,26)18-11-12-20(27-5)19(14-18)21(24)22-17-10-8-9-16(13-17)15(3)4/h8-15H,6-7H2,1-5H3,(H,22,24). The summed E-state index contributed by atoms with van der Waals surface area (Å²) in [6, 6.07) is 11.9. The predicted octanol–water partition coefficient (Wildman–Crippen LogP) is 4.10. The van der Waals surface area contributed by atoms with Gasteiger partial charge >= 0.3 is 0 Å². The van der Waals surface area contributed by atoms with E-state index in [0.29, 0.717) is 30.4 Å². The molecule has 0 aliphatic rings. The van der Waals surface area contributed by atoms with Crippen molar-refractivity contribution < 1.29 is 17.9 Å². The summed E-state index contributed by atoms with van der Waals surface area (Å²) in [5.41, 5.74) is 1.92. The van der Waals surface area contributed by atoms with Crippen molar-refractivity contribution in [3.8, 4) is 5.75 Å². The average molecular weight is 405 g/mol. The SMILES string of the molecule is CCN(CC)S(=O)(=O)c1ccc(OC)c(C(=O)Nc2cccc(C(C)C)c2)c1. The van der Waals surface area contributed by atoms with Crippen LogP contribution in [0, 0.1) is 0 Å². The second kappa shape index (κ2) is 9.21. The summed E-state index contributed by atoms with van der Waals surface area (Å²) in [7, 11) is -2.23. The molecule has 0 saturated heterocycles. The fourth-order valence-corrected chi connectivity index (χ4v) is 4.40. The van der Waals surface area contributed by atoms with E-state index in [2.05, 4.69) is 19.2 Å². The third-order valence-electron chi connectivity index (χ3n) is 4.57. The lowest BCUT2D eigenvalue weighted by Gasteiger charge is -2.19. The van der Waals surface area contributed by atoms with Crippen molar-refractivity contribution >= 4 is 21.6 Å². The Morgan fingerprint density at radius 1 is 1.11 bits per heavy atom. The van der Waals surface area contributed by atoms with Gasteiger partial charge in [0, 0.05) is 18.8 Å². The van der Waals surface area contributed by atoms with Gasteiger partial charge in [-0.05, 0) is 41.8 Å². The fraction of sp³-hybridized carbons (Fsp3) is 0.381. The Balaban J connectivity index is 2.41. The van der Waals surface area contributed by atoms with Gasteiger partial charge in [0.1, 0.15) is 5.75 Å². The van der Waals surface area contributed by atoms with Gasteiger partial charge < -0.3 is 10.1 Å². The molecule has 2 rings (SSSR count). The molecule has 0 aliphatic carbocycles. The van der Waals surface area contributed by atoms with Crippen LogP contribution in [0.1, 0.15) is 49.5 Å². The lowest BCUT2D eigenvalue weighted by molar-refractivity contribution is 0.102. The molecule has 0 heterocycles. The number of methoxy groups -OCH3 is 1. The first-order chi connectivity index (χ1) is 13.2. The van der Waals surface area contributed by atoms with E-state index in [1.807, 2.05) is 18.2 Å². The first-order valence-electron chi connectivity index (χ1n) is 9.34. The van der Waals surface area contributed by atoms with Gasteiger partial charge in [0.15, 0.2) is 0 Å². The minimum Gasteiger partial charge on any atom is -0.496 e. The smallest absolute Gasteiger partial charge is 0.259 e. The Hall–Kier alpha value is -2.38. The monoisotopic (exact) mass is 404 g/mol. The highest BCUT2D eigenvalue weighted by Crippen LogP contribution is 2.26. The van der Waals surface area contributed by atoms with Gasteiger partial charge in [0.05, 0.1) is 17.6 Å². The number of nitrogens with zero attached hydrogens (tertiary/aromatic N) is 1. The third-order valence-corrected chi connectivity index (χ3v) is 6.62. The number of nitrogens with one attached hydrogen (secondary N) is 1. The molecule has 0 aliphatic heterocycles. The van der Waals surface area contributed by atoms with Crippen LogP contribution in [0.5, 0.6) is 5.75 Å². The van der Waals surface area contributed by atoms with E-state index < -0.39 is 15.9 Å². The van der Waals surface area contributed by atoms with Crippen LogP contribution in [0.2, 0.25) is 0 Å². The molecule has 0 atom stereocenters. The molecular formula is C21H28N2O4S. The number of carbonyl (C=O) groups is 1. The normalized spacial score (nSPS) is 11.7. The maximum Gasteiger partial charge on any atom is 0.259 e. The van der Waals surface area contributed by atoms with Crippen LogP contribution in [-0.2, 0) is 10.0 Å². The van der Waals surface area contributed by atoms with Gasteiger partial charge in [0.2, 0.25) is 10.0 Å². The summed E-state index contributed by atoms with van der Waals surface area (Å²) >= 11 is 0. The zero-order valence-electron chi connectivity index (χ0n) is 17.0. The zero-order chi connectivity index (χ0) is 20.9. The van der Waals surface area contributed by atoms with Crippen LogP contribution in [0.3, 0.4) is 0 Å². The Labute approximate surface area is 167 Å². The van der Waals surface area contributed by atoms with Crippen LogP contribution >= 0.6 is 0 Å². The van der Waals surface area contributed by atoms with Crippen molar-refractivity contribution in [3.63, 3.8) is 0 Å². The highest BCUT2D eigenvalue weighted by molar-refractivity contribution is 7.89. The molecule has 0 unspecified atom stereocenters. The second-order valence-electron chi connectivity index (χ2n) is 6.69. The minimum atomic E-state index is -3.68. The molecule has 0 aromatic heterocycles. The Morgan fingerprint density at radius 2 is 1.79 bits per heavy atom. The quantitative estimate of drug-likeness (QED) is 0.719. The summed E-state index contributed by atoms with van der Waals surface area (Å²) in [5.74, 6) is 0.222. The molecular weight excluding hydrogens is 376 g/mol. The average Bonchev–Trinajstić information content (AvgIpc) is 2.68. The number of anilines is 1. The van der Waals surface area contributed by atoms with Crippen molar-refractivity contribution in [3.05, 3.63) is 53.6 Å². The lowest BCUT2D eigenvalue weighted by atomic mass is 10.0. The highest BCUT2D eigenvalue weighted by Gasteiger charge is 2.24. The van der Waals surface area contributed by atoms with Gasteiger partial charge in [0.25, 0.3) is 5.91 Å². The number of sulfonamides is 1. The second-order valence-corrected chi connectivity index (χ2v) is 8.62. The fourth-order valence-electron chi connectivity index (χ4n) is 2.91. The zero-order valence-corrected chi connectivity index (χ0v) is 17.8. The Kier molecular flexibility index (Phi) is 7.21. The van der Waals surface area contributed by atoms with Crippen LogP contribution in [-0.4, -0.2) is 38.8 Å². The maximum absolute atomic E-state index is 12.9. The largest absolute Gasteiger partial charge is 0.496 e. The van der Waals surface area contributed by atoms with Crippen molar-refractivity contribution in [1.29, 1.82) is 0 Å². The molecule has 28 heavy (non-hydrogen) atoms. The summed E-state index contributed by atoms with van der Waals surface area (Å²) in [6.45, 7) is 8.42. The molecule has 0 fully saturated rings. The van der Waals surface area contributed by atoms with Crippen LogP contribution in [0.25, 0.3) is 0 Å². The number of ether oxygens (including phenoxy) is 1. The molecule has 0 radical (unpaired) electrons. The summed E-state index contributed by atoms with van der Waals surface area (Å²) < 4.78 is 32.2. The van der Waals surface area contributed by atoms with Crippen molar-refractivity contribution in [2.75, 3.05) is 25.5 Å². The molecule has 0 spiro atoms. The highest BCUT2D eigenvalue weighted by atomic mass is 32.2. The summed E-state index contributed by atoms with van der Waals surface area (Å²) in [4.78, 5) is 12.9. The van der Waals surface area contributed by atoms with E-state index >= 15 is 0 Å². The molecule has 1 N–H and O–H groups in total. The molecule has 1 amide bonds. The molecule has 0 bridgehead atoms. The lowest BCUT2D eigenvalue weighted by Crippen LogP contribution is -2.30. The molecule has 0 saturated carbocycles. The van der Waals surface area contributed by atoms with Crippen molar-refractivity contribution in [1.82, 2.24) is 4.31 Å². The van der Waals surface area contributed by atoms with E-state index in [4.69, 9.17) is 4.74 Å². The van der Waals surface area contributed by atoms with E-state index in [9.17, 15) is 13.2 Å². The van der Waals surface area contributed by atoms with Crippen molar-refractivity contribution in [2.45, 2.75) is 38.5 Å². The van der Waals surface area contributed by atoms with Crippen LogP contribution < -0.4 is 10.1 Å². The summed E-state index contributed by atoms with van der Waals surface area (Å²) in [6.07, 6.45) is 0. The van der Waals surface area contributed by atoms with E-state index in [1.54, 1.807) is 19.9 Å². The van der Waals surface area contributed by atoms with E-state index in [-0.39, 0.29) is 10.5 Å². The van der Waals surface area contributed by atoms with Gasteiger partial charge in [-0.25, -0.2) is 8.42 Å². The van der Waals surface area contributed by atoms with Crippen LogP contribution in [0.15, 0.2) is 47.4 Å². The predicted molar refractivity (Wildman–Crippen MR) is 112 cm³/mol. The Bertz CT molecular complexity index is 935. The Morgan fingerprint density at radius 3 is 2.36 bits per heavy atom. The molecule has 6 nitrogen and oxygen atoms in total. The topological polar surface area (TPSA) is 75.7 Å². The minimum absolute atomic E-state index is 0.0677. The van der Waals surface area contributed by atoms with E-state index in [1.165, 1.54) is 29.6 Å². The van der Waals surface area contributed by atoms with E-state index in [0.717, 1.165) is 5.56 Å². The molecule has 2 aromatic rings. The van der Waals surface area contributed by atoms with Crippen molar-refractivity contribution in [2.24, 2.45) is 0 Å². The molecule has 152 valence electrons. The first-order valence-corrected chi connectivity index (χ1v) is 10.8. The number of hydrogen-bond donors (Lipinski definition) is 1. The number of carbonyl (C=O) groups excluding carboxylic acids is 1. The molecule has 7 heteroatoms. The third kappa shape index (κ3) is 4.72. The molecule has 2 aromatic carbocycles. The van der Waals surface area contributed by atoms with Gasteiger partial charge in [-0.2, -0.15) is 4.31 Å². The first kappa shape index (κ1) is 21.9. The van der Waals surface area contributed by atoms with Gasteiger partial charge in [-0.3, -0.25) is 4.79 Å². The number of hydrogen-bond acceptors (Lipinski definition) is 4. The maximum atomic E-state index is 12.9. The summed E-state index contributed by atoms with van der Waals surface area (Å²) in [5, 5.41) is 2.84. The van der Waals surface area contributed by atoms with Gasteiger partial charge in [-0.15, -0.1) is 0 Å².